The maximum Gasteiger partial charge on any atom is 0.416 e. The molecule has 0 aromatic heterocycles. The van der Waals surface area contributed by atoms with Gasteiger partial charge in [0.2, 0.25) is 0 Å². The molecule has 31 heavy (non-hydrogen) atoms. The van der Waals surface area contributed by atoms with Crippen molar-refractivity contribution >= 4 is 29.2 Å². The highest BCUT2D eigenvalue weighted by molar-refractivity contribution is 5.98. The first-order valence-corrected chi connectivity index (χ1v) is 9.35. The highest BCUT2D eigenvalue weighted by atomic mass is 19.4. The number of anilines is 2. The number of hydrogen-bond acceptors (Lipinski definition) is 5. The van der Waals surface area contributed by atoms with Gasteiger partial charge < -0.3 is 19.7 Å². The van der Waals surface area contributed by atoms with Gasteiger partial charge in [0.05, 0.1) is 17.7 Å². The molecule has 1 N–H and O–H groups in total. The molecule has 0 saturated heterocycles. The van der Waals surface area contributed by atoms with E-state index in [4.69, 9.17) is 9.47 Å². The molecule has 0 aliphatic carbocycles. The zero-order valence-corrected chi connectivity index (χ0v) is 16.4. The molecule has 2 amide bonds. The van der Waals surface area contributed by atoms with Crippen molar-refractivity contribution in [3.8, 4) is 5.75 Å². The first-order chi connectivity index (χ1) is 14.6. The van der Waals surface area contributed by atoms with E-state index in [9.17, 15) is 27.6 Å². The van der Waals surface area contributed by atoms with Gasteiger partial charge in [0.1, 0.15) is 5.75 Å². The van der Waals surface area contributed by atoms with Crippen LogP contribution in [0, 0.1) is 0 Å². The minimum atomic E-state index is -4.48. The largest absolute Gasteiger partial charge is 0.482 e. The van der Waals surface area contributed by atoms with E-state index in [1.54, 1.807) is 24.3 Å². The fourth-order valence-corrected chi connectivity index (χ4v) is 2.90. The molecule has 0 spiro atoms. The van der Waals surface area contributed by atoms with Crippen LogP contribution in [0.4, 0.5) is 24.5 Å². The van der Waals surface area contributed by atoms with Gasteiger partial charge in [-0.1, -0.05) is 12.1 Å². The predicted octanol–water partition coefficient (Wildman–Crippen LogP) is 3.39. The first-order valence-electron chi connectivity index (χ1n) is 9.35. The Morgan fingerprint density at radius 2 is 1.84 bits per heavy atom. The monoisotopic (exact) mass is 436 g/mol. The number of ether oxygens (including phenoxy) is 2. The van der Waals surface area contributed by atoms with Gasteiger partial charge in [0.25, 0.3) is 11.8 Å². The van der Waals surface area contributed by atoms with E-state index in [0.717, 1.165) is 24.3 Å². The van der Waals surface area contributed by atoms with Crippen LogP contribution in [0.15, 0.2) is 48.5 Å². The van der Waals surface area contributed by atoms with Crippen molar-refractivity contribution in [1.29, 1.82) is 0 Å². The molecule has 2 aromatic rings. The lowest BCUT2D eigenvalue weighted by Crippen LogP contribution is -2.40. The quantitative estimate of drug-likeness (QED) is 0.702. The Bertz CT molecular complexity index is 976. The smallest absolute Gasteiger partial charge is 0.416 e. The van der Waals surface area contributed by atoms with E-state index in [2.05, 4.69) is 5.32 Å². The van der Waals surface area contributed by atoms with Gasteiger partial charge in [-0.25, -0.2) is 0 Å². The van der Waals surface area contributed by atoms with E-state index in [1.165, 1.54) is 11.8 Å². The summed E-state index contributed by atoms with van der Waals surface area (Å²) in [5.74, 6) is -1.17. The summed E-state index contributed by atoms with van der Waals surface area (Å²) in [7, 11) is 0. The number of alkyl halides is 3. The number of carbonyl (C=O) groups is 3. The summed E-state index contributed by atoms with van der Waals surface area (Å²) in [6.45, 7) is 1.25. The maximum atomic E-state index is 12.6. The topological polar surface area (TPSA) is 84.9 Å². The van der Waals surface area contributed by atoms with Crippen molar-refractivity contribution in [3.63, 3.8) is 0 Å². The molecule has 1 atom stereocenters. The van der Waals surface area contributed by atoms with Crippen LogP contribution in [0.25, 0.3) is 0 Å². The summed E-state index contributed by atoms with van der Waals surface area (Å²) in [5.41, 5.74) is -0.166. The normalized spacial score (nSPS) is 14.3. The van der Waals surface area contributed by atoms with Crippen molar-refractivity contribution in [3.05, 3.63) is 54.1 Å². The number of nitrogens with one attached hydrogen (secondary N) is 1. The second-order valence-corrected chi connectivity index (χ2v) is 6.75. The van der Waals surface area contributed by atoms with Crippen molar-refractivity contribution in [2.24, 2.45) is 0 Å². The van der Waals surface area contributed by atoms with Gasteiger partial charge in [-0.05, 0) is 43.3 Å². The van der Waals surface area contributed by atoms with Gasteiger partial charge in [0.15, 0.2) is 12.7 Å². The fraction of sp³-hybridized carbons (Fsp3) is 0.286. The lowest BCUT2D eigenvalue weighted by molar-refractivity contribution is -0.153. The maximum absolute atomic E-state index is 12.6. The molecular formula is C21H19F3N2O5. The molecule has 164 valence electrons. The average molecular weight is 436 g/mol. The Balaban J connectivity index is 1.51. The highest BCUT2D eigenvalue weighted by Gasteiger charge is 2.30. The summed E-state index contributed by atoms with van der Waals surface area (Å²) in [4.78, 5) is 37.8. The molecule has 0 saturated carbocycles. The average Bonchev–Trinajstić information content (AvgIpc) is 2.72. The molecule has 3 rings (SSSR count). The fourth-order valence-electron chi connectivity index (χ4n) is 2.90. The van der Waals surface area contributed by atoms with Crippen molar-refractivity contribution in [1.82, 2.24) is 0 Å². The molecule has 1 aliphatic heterocycles. The van der Waals surface area contributed by atoms with Crippen LogP contribution in [-0.4, -0.2) is 37.0 Å². The summed E-state index contributed by atoms with van der Waals surface area (Å²) >= 11 is 0. The summed E-state index contributed by atoms with van der Waals surface area (Å²) in [5, 5.41) is 2.39. The molecule has 0 unspecified atom stereocenters. The number of para-hydroxylation sites is 2. The molecule has 1 heterocycles. The number of carbonyl (C=O) groups excluding carboxylic acids is 3. The predicted molar refractivity (Wildman–Crippen MR) is 105 cm³/mol. The van der Waals surface area contributed by atoms with Crippen molar-refractivity contribution in [2.75, 3.05) is 23.4 Å². The number of nitrogens with zero attached hydrogens (tertiary/aromatic N) is 1. The summed E-state index contributed by atoms with van der Waals surface area (Å²) < 4.78 is 48.2. The zero-order chi connectivity index (χ0) is 22.6. The van der Waals surface area contributed by atoms with Crippen LogP contribution in [0.2, 0.25) is 0 Å². The van der Waals surface area contributed by atoms with Crippen LogP contribution < -0.4 is 15.0 Å². The number of hydrogen-bond donors (Lipinski definition) is 1. The summed E-state index contributed by atoms with van der Waals surface area (Å²) in [6.07, 6.45) is -5.81. The Hall–Kier alpha value is -3.56. The van der Waals surface area contributed by atoms with Crippen LogP contribution in [0.5, 0.6) is 5.75 Å². The van der Waals surface area contributed by atoms with E-state index in [1.807, 2.05) is 0 Å². The van der Waals surface area contributed by atoms with Gasteiger partial charge in [0, 0.05) is 12.2 Å². The number of fused-ring (bicyclic) bond motifs is 1. The molecular weight excluding hydrogens is 417 g/mol. The van der Waals surface area contributed by atoms with Gasteiger partial charge in [-0.3, -0.25) is 14.4 Å². The lowest BCUT2D eigenvalue weighted by atomic mass is 10.2. The third kappa shape index (κ3) is 5.53. The van der Waals surface area contributed by atoms with Gasteiger partial charge in [-0.15, -0.1) is 0 Å². The SMILES string of the molecule is C[C@H](OC(=O)CCN1C(=O)COc2ccccc21)C(=O)Nc1ccc(C(F)(F)F)cc1. The molecule has 0 bridgehead atoms. The molecule has 1 aliphatic rings. The van der Waals surface area contributed by atoms with Crippen LogP contribution in [-0.2, 0) is 25.3 Å². The molecule has 10 heteroatoms. The van der Waals surface area contributed by atoms with Crippen molar-refractivity contribution < 1.29 is 37.0 Å². The van der Waals surface area contributed by atoms with E-state index in [0.29, 0.717) is 11.4 Å². The number of rotatable bonds is 6. The third-order valence-corrected chi connectivity index (χ3v) is 4.51. The second kappa shape index (κ2) is 9.07. The van der Waals surface area contributed by atoms with Crippen molar-refractivity contribution in [2.45, 2.75) is 25.6 Å². The van der Waals surface area contributed by atoms with Gasteiger partial charge in [-0.2, -0.15) is 13.2 Å². The number of esters is 1. The van der Waals surface area contributed by atoms with E-state index < -0.39 is 29.7 Å². The summed E-state index contributed by atoms with van der Waals surface area (Å²) in [6, 6.07) is 10.8. The van der Waals surface area contributed by atoms with E-state index in [-0.39, 0.29) is 31.2 Å². The molecule has 2 aromatic carbocycles. The van der Waals surface area contributed by atoms with Crippen LogP contribution >= 0.6 is 0 Å². The Kier molecular flexibility index (Phi) is 6.47. The number of amides is 2. The minimum absolute atomic E-state index is 0.0469. The number of benzene rings is 2. The van der Waals surface area contributed by atoms with E-state index >= 15 is 0 Å². The Labute approximate surface area is 175 Å². The minimum Gasteiger partial charge on any atom is -0.482 e. The Morgan fingerprint density at radius 1 is 1.16 bits per heavy atom. The lowest BCUT2D eigenvalue weighted by Gasteiger charge is -2.29. The van der Waals surface area contributed by atoms with Gasteiger partial charge >= 0.3 is 12.1 Å². The molecule has 0 fully saturated rings. The van der Waals surface area contributed by atoms with Crippen LogP contribution in [0.3, 0.4) is 0 Å². The first kappa shape index (κ1) is 22.1. The number of halogens is 3. The Morgan fingerprint density at radius 3 is 2.52 bits per heavy atom. The molecule has 7 nitrogen and oxygen atoms in total. The standard InChI is InChI=1S/C21H19F3N2O5/c1-13(20(29)25-15-8-6-14(7-9-15)21(22,23)24)31-19(28)10-11-26-16-4-2-3-5-17(16)30-12-18(26)27/h2-9,13H,10-12H2,1H3,(H,25,29)/t13-/m0/s1. The molecule has 0 radical (unpaired) electrons. The highest BCUT2D eigenvalue weighted by Crippen LogP contribution is 2.31. The van der Waals surface area contributed by atoms with Crippen LogP contribution in [0.1, 0.15) is 18.9 Å². The zero-order valence-electron chi connectivity index (χ0n) is 16.4. The second-order valence-electron chi connectivity index (χ2n) is 6.75. The third-order valence-electron chi connectivity index (χ3n) is 4.51.